The normalized spacial score (nSPS) is 13.6. The van der Waals surface area contributed by atoms with Crippen molar-refractivity contribution in [3.05, 3.63) is 74.5 Å². The number of ether oxygens (including phenoxy) is 1. The summed E-state index contributed by atoms with van der Waals surface area (Å²) in [7, 11) is 0. The Kier molecular flexibility index (Phi) is 5.60. The SMILES string of the molecule is O=c1[nH]c(CSc2nnc(COc3ccccc3Cl)n2C2CC2)nc2ccc(Cl)cc12. The molecule has 0 radical (unpaired) electrons. The van der Waals surface area contributed by atoms with E-state index in [4.69, 9.17) is 27.9 Å². The number of nitrogens with zero attached hydrogens (tertiary/aromatic N) is 4. The second-order valence-electron chi connectivity index (χ2n) is 7.18. The zero-order chi connectivity index (χ0) is 21.4. The molecule has 1 aliphatic carbocycles. The molecule has 0 saturated heterocycles. The number of hydrogen-bond acceptors (Lipinski definition) is 6. The Morgan fingerprint density at radius 1 is 1.16 bits per heavy atom. The van der Waals surface area contributed by atoms with Crippen LogP contribution in [0.3, 0.4) is 0 Å². The highest BCUT2D eigenvalue weighted by atomic mass is 35.5. The second-order valence-corrected chi connectivity index (χ2v) is 8.97. The summed E-state index contributed by atoms with van der Waals surface area (Å²) in [5.41, 5.74) is 0.404. The summed E-state index contributed by atoms with van der Waals surface area (Å²) in [6, 6.07) is 12.8. The number of hydrogen-bond donors (Lipinski definition) is 1. The Bertz CT molecular complexity index is 1320. The molecule has 158 valence electrons. The van der Waals surface area contributed by atoms with Crippen molar-refractivity contribution in [2.45, 2.75) is 36.4 Å². The molecule has 1 aliphatic rings. The Labute approximate surface area is 191 Å². The van der Waals surface area contributed by atoms with Gasteiger partial charge in [0.25, 0.3) is 5.56 Å². The van der Waals surface area contributed by atoms with Crippen molar-refractivity contribution in [1.82, 2.24) is 24.7 Å². The molecule has 2 aromatic heterocycles. The predicted molar refractivity (Wildman–Crippen MR) is 121 cm³/mol. The Hall–Kier alpha value is -2.55. The third-order valence-electron chi connectivity index (χ3n) is 4.90. The van der Waals surface area contributed by atoms with E-state index in [1.165, 1.54) is 11.8 Å². The molecule has 2 heterocycles. The lowest BCUT2D eigenvalue weighted by Gasteiger charge is -2.10. The Balaban J connectivity index is 1.34. The van der Waals surface area contributed by atoms with Gasteiger partial charge < -0.3 is 9.72 Å². The number of rotatable bonds is 7. The van der Waals surface area contributed by atoms with E-state index in [1.54, 1.807) is 24.3 Å². The van der Waals surface area contributed by atoms with Gasteiger partial charge >= 0.3 is 0 Å². The second kappa shape index (κ2) is 8.53. The van der Waals surface area contributed by atoms with Crippen molar-refractivity contribution in [1.29, 1.82) is 0 Å². The Morgan fingerprint density at radius 2 is 2.00 bits per heavy atom. The molecule has 0 spiro atoms. The number of benzene rings is 2. The van der Waals surface area contributed by atoms with E-state index < -0.39 is 0 Å². The summed E-state index contributed by atoms with van der Waals surface area (Å²) in [5, 5.41) is 11.0. The number of para-hydroxylation sites is 1. The van der Waals surface area contributed by atoms with Gasteiger partial charge in [-0.1, -0.05) is 47.1 Å². The molecule has 0 bridgehead atoms. The van der Waals surface area contributed by atoms with E-state index in [2.05, 4.69) is 24.7 Å². The van der Waals surface area contributed by atoms with Crippen LogP contribution in [0, 0.1) is 0 Å². The summed E-state index contributed by atoms with van der Waals surface area (Å²) in [4.78, 5) is 19.7. The smallest absolute Gasteiger partial charge is 0.258 e. The van der Waals surface area contributed by atoms with Crippen molar-refractivity contribution in [2.75, 3.05) is 0 Å². The molecule has 31 heavy (non-hydrogen) atoms. The quantitative estimate of drug-likeness (QED) is 0.379. The first-order valence-electron chi connectivity index (χ1n) is 9.71. The highest BCUT2D eigenvalue weighted by Crippen LogP contribution is 2.39. The van der Waals surface area contributed by atoms with Crippen LogP contribution in [0.1, 0.15) is 30.5 Å². The molecule has 5 rings (SSSR count). The molecular weight excluding hydrogens is 457 g/mol. The van der Waals surface area contributed by atoms with Crippen LogP contribution >= 0.6 is 35.0 Å². The van der Waals surface area contributed by atoms with Crippen LogP contribution in [0.2, 0.25) is 10.0 Å². The average Bonchev–Trinajstić information content (AvgIpc) is 3.52. The van der Waals surface area contributed by atoms with Crippen LogP contribution in [-0.4, -0.2) is 24.7 Å². The number of aromatic nitrogens is 5. The van der Waals surface area contributed by atoms with E-state index in [-0.39, 0.29) is 12.2 Å². The molecule has 0 aliphatic heterocycles. The number of H-pyrrole nitrogens is 1. The van der Waals surface area contributed by atoms with Crippen LogP contribution in [0.15, 0.2) is 52.4 Å². The molecule has 0 atom stereocenters. The van der Waals surface area contributed by atoms with Crippen molar-refractivity contribution in [2.24, 2.45) is 0 Å². The minimum absolute atomic E-state index is 0.208. The highest BCUT2D eigenvalue weighted by Gasteiger charge is 2.30. The summed E-state index contributed by atoms with van der Waals surface area (Å²) in [6.07, 6.45) is 2.16. The van der Waals surface area contributed by atoms with E-state index in [9.17, 15) is 4.79 Å². The van der Waals surface area contributed by atoms with Crippen molar-refractivity contribution >= 4 is 45.9 Å². The minimum atomic E-state index is -0.208. The number of aromatic amines is 1. The minimum Gasteiger partial charge on any atom is -0.484 e. The van der Waals surface area contributed by atoms with Gasteiger partial charge in [0.05, 0.1) is 21.7 Å². The molecule has 1 N–H and O–H groups in total. The molecule has 1 fully saturated rings. The van der Waals surface area contributed by atoms with Crippen LogP contribution < -0.4 is 10.3 Å². The first-order chi connectivity index (χ1) is 15.1. The van der Waals surface area contributed by atoms with Gasteiger partial charge in [0.2, 0.25) is 0 Å². The van der Waals surface area contributed by atoms with E-state index in [0.29, 0.717) is 44.3 Å². The molecule has 2 aromatic carbocycles. The average molecular weight is 474 g/mol. The van der Waals surface area contributed by atoms with Crippen LogP contribution in [-0.2, 0) is 12.4 Å². The number of fused-ring (bicyclic) bond motifs is 1. The van der Waals surface area contributed by atoms with Crippen molar-refractivity contribution in [3.63, 3.8) is 0 Å². The Morgan fingerprint density at radius 3 is 2.81 bits per heavy atom. The monoisotopic (exact) mass is 473 g/mol. The van der Waals surface area contributed by atoms with Crippen LogP contribution in [0.25, 0.3) is 10.9 Å². The van der Waals surface area contributed by atoms with Gasteiger partial charge in [-0.15, -0.1) is 10.2 Å². The van der Waals surface area contributed by atoms with Crippen LogP contribution in [0.5, 0.6) is 5.75 Å². The lowest BCUT2D eigenvalue weighted by molar-refractivity contribution is 0.288. The maximum absolute atomic E-state index is 12.4. The van der Waals surface area contributed by atoms with E-state index >= 15 is 0 Å². The van der Waals surface area contributed by atoms with Gasteiger partial charge in [-0.25, -0.2) is 4.98 Å². The van der Waals surface area contributed by atoms with Gasteiger partial charge in [-0.2, -0.15) is 0 Å². The maximum Gasteiger partial charge on any atom is 0.258 e. The fraction of sp³-hybridized carbons (Fsp3) is 0.238. The molecule has 10 heteroatoms. The fourth-order valence-corrected chi connectivity index (χ4v) is 4.53. The topological polar surface area (TPSA) is 85.7 Å². The first-order valence-corrected chi connectivity index (χ1v) is 11.4. The summed E-state index contributed by atoms with van der Waals surface area (Å²) < 4.78 is 7.97. The zero-order valence-corrected chi connectivity index (χ0v) is 18.5. The maximum atomic E-state index is 12.4. The van der Waals surface area contributed by atoms with E-state index in [0.717, 1.165) is 23.8 Å². The fourth-order valence-electron chi connectivity index (χ4n) is 3.27. The zero-order valence-electron chi connectivity index (χ0n) is 16.2. The lowest BCUT2D eigenvalue weighted by atomic mass is 10.2. The summed E-state index contributed by atoms with van der Waals surface area (Å²) >= 11 is 13.6. The third kappa shape index (κ3) is 4.42. The van der Waals surface area contributed by atoms with Gasteiger partial charge in [0, 0.05) is 11.1 Å². The predicted octanol–water partition coefficient (Wildman–Crippen LogP) is 5.03. The first kappa shape index (κ1) is 20.4. The van der Waals surface area contributed by atoms with Gasteiger partial charge in [0.1, 0.15) is 18.2 Å². The number of nitrogens with one attached hydrogen (secondary N) is 1. The lowest BCUT2D eigenvalue weighted by Crippen LogP contribution is -2.11. The van der Waals surface area contributed by atoms with Crippen molar-refractivity contribution in [3.8, 4) is 5.75 Å². The standard InChI is InChI=1S/C21H17Cl2N5O2S/c22-12-5-8-16-14(9-12)20(29)25-18(24-16)11-31-21-27-26-19(28(21)13-6-7-13)10-30-17-4-2-1-3-15(17)23/h1-5,8-9,13H,6-7,10-11H2,(H,24,25,29). The highest BCUT2D eigenvalue weighted by molar-refractivity contribution is 7.98. The molecule has 0 amide bonds. The van der Waals surface area contributed by atoms with Gasteiger partial charge in [0.15, 0.2) is 11.0 Å². The summed E-state index contributed by atoms with van der Waals surface area (Å²) in [6.45, 7) is 0.277. The summed E-state index contributed by atoms with van der Waals surface area (Å²) in [5.74, 6) is 2.40. The third-order valence-corrected chi connectivity index (χ3v) is 6.40. The van der Waals surface area contributed by atoms with Crippen LogP contribution in [0.4, 0.5) is 0 Å². The number of thioether (sulfide) groups is 1. The molecule has 0 unspecified atom stereocenters. The van der Waals surface area contributed by atoms with E-state index in [1.807, 2.05) is 18.2 Å². The van der Waals surface area contributed by atoms with Crippen molar-refractivity contribution < 1.29 is 4.74 Å². The number of halogens is 2. The largest absolute Gasteiger partial charge is 0.484 e. The van der Waals surface area contributed by atoms with Gasteiger partial charge in [-0.3, -0.25) is 9.36 Å². The molecule has 4 aromatic rings. The molecule has 1 saturated carbocycles. The molecular formula is C21H17Cl2N5O2S. The molecule has 7 nitrogen and oxygen atoms in total. The van der Waals surface area contributed by atoms with Gasteiger partial charge in [-0.05, 0) is 43.2 Å².